The predicted octanol–water partition coefficient (Wildman–Crippen LogP) is 16.5. The number of fused-ring (bicyclic) bond motifs is 3. The fourth-order valence-corrected chi connectivity index (χ4v) is 9.27. The number of hydrogen-bond acceptors (Lipinski definition) is 3. The number of anilines is 4. The minimum atomic E-state index is 0.233. The summed E-state index contributed by atoms with van der Waals surface area (Å²) in [5, 5.41) is 2.32. The van der Waals surface area contributed by atoms with Crippen molar-refractivity contribution < 1.29 is 4.42 Å². The number of rotatable bonds is 15. The van der Waals surface area contributed by atoms with Gasteiger partial charge in [0, 0.05) is 45.6 Å². The van der Waals surface area contributed by atoms with E-state index in [9.17, 15) is 0 Å². The molecule has 0 radical (unpaired) electrons. The molecule has 0 spiro atoms. The summed E-state index contributed by atoms with van der Waals surface area (Å²) in [5.41, 5.74) is 17.0. The molecule has 3 atom stereocenters. The topological polar surface area (TPSA) is 19.6 Å². The lowest BCUT2D eigenvalue weighted by molar-refractivity contribution is 0.634. The van der Waals surface area contributed by atoms with Crippen LogP contribution in [0.15, 0.2) is 162 Å². The molecule has 0 aliphatic heterocycles. The molecule has 0 bridgehead atoms. The molecule has 3 heteroatoms. The number of hydrogen-bond donors (Lipinski definition) is 0. The van der Waals surface area contributed by atoms with Crippen LogP contribution in [0.1, 0.15) is 88.5 Å². The minimum Gasteiger partial charge on any atom is -0.456 e. The van der Waals surface area contributed by atoms with Crippen LogP contribution in [0.25, 0.3) is 44.2 Å². The molecule has 0 amide bonds. The smallest absolute Gasteiger partial charge is 0.135 e. The zero-order valence-corrected chi connectivity index (χ0v) is 36.6. The van der Waals surface area contributed by atoms with Crippen LogP contribution >= 0.6 is 0 Å². The molecule has 3 unspecified atom stereocenters. The molecule has 0 saturated heterocycles. The Morgan fingerprint density at radius 2 is 1.03 bits per heavy atom. The highest BCUT2D eigenvalue weighted by Crippen LogP contribution is 2.38. The van der Waals surface area contributed by atoms with E-state index in [2.05, 4.69) is 204 Å². The van der Waals surface area contributed by atoms with Gasteiger partial charge in [0.2, 0.25) is 0 Å². The highest BCUT2D eigenvalue weighted by molar-refractivity contribution is 6.06. The first-order valence-corrected chi connectivity index (χ1v) is 22.2. The van der Waals surface area contributed by atoms with Crippen molar-refractivity contribution in [3.05, 3.63) is 180 Å². The highest BCUT2D eigenvalue weighted by Gasteiger charge is 2.21. The third-order valence-electron chi connectivity index (χ3n) is 12.5. The molecule has 1 heterocycles. The van der Waals surface area contributed by atoms with Crippen molar-refractivity contribution in [2.24, 2.45) is 0 Å². The Kier molecular flexibility index (Phi) is 12.2. The lowest BCUT2D eigenvalue weighted by Gasteiger charge is -2.33. The molecule has 7 aromatic carbocycles. The van der Waals surface area contributed by atoms with Gasteiger partial charge in [0.05, 0.1) is 0 Å². The molecule has 1 aromatic heterocycles. The highest BCUT2D eigenvalue weighted by atomic mass is 16.3. The molecule has 3 nitrogen and oxygen atoms in total. The van der Waals surface area contributed by atoms with Gasteiger partial charge in [0.25, 0.3) is 0 Å². The SMILES string of the molecule is CCCC(C)c1ccc(-c2ccc(N(c3ccc(C)cc3C)C(C)Cc3ccc(-c4ccc(N(c5ccc6oc7ccccc7c6c5)C(C)CCC)cc4)cc3)cc2)cc1. The fourth-order valence-electron chi connectivity index (χ4n) is 9.27. The van der Waals surface area contributed by atoms with E-state index < -0.39 is 0 Å². The zero-order valence-electron chi connectivity index (χ0n) is 36.6. The maximum atomic E-state index is 6.17. The van der Waals surface area contributed by atoms with Gasteiger partial charge in [0.1, 0.15) is 11.2 Å². The monoisotopic (exact) mass is 788 g/mol. The van der Waals surface area contributed by atoms with E-state index in [1.807, 2.05) is 12.1 Å². The summed E-state index contributed by atoms with van der Waals surface area (Å²) < 4.78 is 6.17. The minimum absolute atomic E-state index is 0.233. The van der Waals surface area contributed by atoms with Crippen LogP contribution in [0.3, 0.4) is 0 Å². The van der Waals surface area contributed by atoms with E-state index in [1.54, 1.807) is 0 Å². The van der Waals surface area contributed by atoms with E-state index >= 15 is 0 Å². The first kappa shape index (κ1) is 40.7. The standard InChI is InChI=1S/C57H60N2O/c1-8-12-40(4)45-21-23-47(24-22-45)49-27-31-51(32-28-49)59(55-34-16-39(3)36-41(55)5)43(7)37-44-17-19-46(20-18-44)48-25-29-50(30-26-48)58(42(6)13-9-2)52-33-35-57-54(38-52)53-14-10-11-15-56(53)60-57/h10-11,14-36,38,40,42-43H,8-9,12-13,37H2,1-7H3. The average Bonchev–Trinajstić information content (AvgIpc) is 3.64. The van der Waals surface area contributed by atoms with Gasteiger partial charge in [-0.15, -0.1) is 0 Å². The van der Waals surface area contributed by atoms with Crippen LogP contribution in [0, 0.1) is 13.8 Å². The van der Waals surface area contributed by atoms with Crippen LogP contribution in [0.2, 0.25) is 0 Å². The molecule has 0 aliphatic rings. The fraction of sp³-hybridized carbons (Fsp3) is 0.263. The lowest BCUT2D eigenvalue weighted by Crippen LogP contribution is -2.31. The van der Waals surface area contributed by atoms with E-state index in [1.165, 1.54) is 80.1 Å². The summed E-state index contributed by atoms with van der Waals surface area (Å²) in [6.07, 6.45) is 5.58. The Morgan fingerprint density at radius 1 is 0.483 bits per heavy atom. The lowest BCUT2D eigenvalue weighted by atomic mass is 9.94. The molecular formula is C57H60N2O. The molecule has 8 rings (SSSR count). The van der Waals surface area contributed by atoms with Crippen molar-refractivity contribution >= 4 is 44.7 Å². The molecule has 0 fully saturated rings. The molecule has 60 heavy (non-hydrogen) atoms. The van der Waals surface area contributed by atoms with Gasteiger partial charge in [-0.05, 0) is 146 Å². The first-order chi connectivity index (χ1) is 29.2. The van der Waals surface area contributed by atoms with E-state index in [0.717, 1.165) is 41.2 Å². The van der Waals surface area contributed by atoms with Gasteiger partial charge in [0.15, 0.2) is 0 Å². The average molecular weight is 789 g/mol. The van der Waals surface area contributed by atoms with Crippen LogP contribution in [-0.4, -0.2) is 12.1 Å². The molecular weight excluding hydrogens is 729 g/mol. The van der Waals surface area contributed by atoms with Crippen molar-refractivity contribution in [3.63, 3.8) is 0 Å². The van der Waals surface area contributed by atoms with Gasteiger partial charge < -0.3 is 14.2 Å². The van der Waals surface area contributed by atoms with Gasteiger partial charge in [-0.3, -0.25) is 0 Å². The summed E-state index contributed by atoms with van der Waals surface area (Å²) in [6, 6.07) is 59.0. The summed E-state index contributed by atoms with van der Waals surface area (Å²) >= 11 is 0. The Labute approximate surface area is 358 Å². The summed E-state index contributed by atoms with van der Waals surface area (Å²) in [4.78, 5) is 5.01. The number of benzene rings is 7. The first-order valence-electron chi connectivity index (χ1n) is 22.2. The van der Waals surface area contributed by atoms with Gasteiger partial charge in [-0.2, -0.15) is 0 Å². The number of aryl methyl sites for hydroxylation is 2. The third-order valence-corrected chi connectivity index (χ3v) is 12.5. The van der Waals surface area contributed by atoms with Crippen molar-refractivity contribution in [1.82, 2.24) is 0 Å². The molecule has 0 aliphatic carbocycles. The summed E-state index contributed by atoms with van der Waals surface area (Å²) in [7, 11) is 0. The quantitative estimate of drug-likeness (QED) is 0.103. The van der Waals surface area contributed by atoms with Gasteiger partial charge >= 0.3 is 0 Å². The Hall–Kier alpha value is -6.06. The second kappa shape index (κ2) is 18.1. The number of nitrogens with zero attached hydrogens (tertiary/aromatic N) is 2. The van der Waals surface area contributed by atoms with Gasteiger partial charge in [-0.25, -0.2) is 0 Å². The second-order valence-electron chi connectivity index (χ2n) is 17.1. The molecule has 304 valence electrons. The predicted molar refractivity (Wildman–Crippen MR) is 259 cm³/mol. The van der Waals surface area contributed by atoms with Crippen LogP contribution in [0.5, 0.6) is 0 Å². The Morgan fingerprint density at radius 3 is 1.65 bits per heavy atom. The maximum Gasteiger partial charge on any atom is 0.135 e. The van der Waals surface area contributed by atoms with Crippen molar-refractivity contribution in [3.8, 4) is 22.3 Å². The molecule has 0 N–H and O–H groups in total. The Bertz CT molecular complexity index is 2650. The zero-order chi connectivity index (χ0) is 41.8. The van der Waals surface area contributed by atoms with Crippen molar-refractivity contribution in [1.29, 1.82) is 0 Å². The number of para-hydroxylation sites is 1. The number of furan rings is 1. The molecule has 0 saturated carbocycles. The van der Waals surface area contributed by atoms with Crippen molar-refractivity contribution in [2.75, 3.05) is 9.80 Å². The van der Waals surface area contributed by atoms with E-state index in [-0.39, 0.29) is 6.04 Å². The largest absolute Gasteiger partial charge is 0.456 e. The maximum absolute atomic E-state index is 6.17. The van der Waals surface area contributed by atoms with Gasteiger partial charge in [-0.1, -0.05) is 142 Å². The Balaban J connectivity index is 1.01. The third kappa shape index (κ3) is 8.63. The summed E-state index contributed by atoms with van der Waals surface area (Å²) in [6.45, 7) is 16.0. The van der Waals surface area contributed by atoms with E-state index in [4.69, 9.17) is 4.42 Å². The van der Waals surface area contributed by atoms with E-state index in [0.29, 0.717) is 12.0 Å². The molecule has 8 aromatic rings. The van der Waals surface area contributed by atoms with Crippen molar-refractivity contribution in [2.45, 2.75) is 98.6 Å². The second-order valence-corrected chi connectivity index (χ2v) is 17.1. The summed E-state index contributed by atoms with van der Waals surface area (Å²) in [5.74, 6) is 0.593. The normalized spacial score (nSPS) is 13.1. The van der Waals surface area contributed by atoms with Crippen LogP contribution < -0.4 is 9.80 Å². The van der Waals surface area contributed by atoms with Crippen LogP contribution in [-0.2, 0) is 6.42 Å². The van der Waals surface area contributed by atoms with Crippen LogP contribution in [0.4, 0.5) is 22.7 Å².